The lowest BCUT2D eigenvalue weighted by Crippen LogP contribution is -2.47. The predicted molar refractivity (Wildman–Crippen MR) is 99.6 cm³/mol. The van der Waals surface area contributed by atoms with Gasteiger partial charge in [0, 0.05) is 37.2 Å². The summed E-state index contributed by atoms with van der Waals surface area (Å²) in [6.07, 6.45) is 2.11. The maximum Gasteiger partial charge on any atom is 0.194 e. The van der Waals surface area contributed by atoms with Crippen LogP contribution in [-0.2, 0) is 13.0 Å². The minimum absolute atomic E-state index is 0. The Labute approximate surface area is 148 Å². The first kappa shape index (κ1) is 18.6. The molecule has 0 spiro atoms. The van der Waals surface area contributed by atoms with Crippen LogP contribution in [0.3, 0.4) is 0 Å². The van der Waals surface area contributed by atoms with Gasteiger partial charge in [0.15, 0.2) is 11.7 Å². The minimum atomic E-state index is 0. The number of rotatable bonds is 4. The van der Waals surface area contributed by atoms with Crippen LogP contribution in [-0.4, -0.2) is 47.2 Å². The van der Waals surface area contributed by atoms with E-state index in [1.54, 1.807) is 0 Å². The molecular weight excluding hydrogens is 399 g/mol. The zero-order valence-corrected chi connectivity index (χ0v) is 16.1. The molecule has 0 radical (unpaired) electrons. The number of halogens is 1. The minimum Gasteiger partial charge on any atom is -0.359 e. The van der Waals surface area contributed by atoms with Crippen molar-refractivity contribution in [1.82, 2.24) is 15.4 Å². The lowest BCUT2D eigenvalue weighted by atomic mass is 10.3. The van der Waals surface area contributed by atoms with Crippen molar-refractivity contribution in [3.05, 3.63) is 17.5 Å². The van der Waals surface area contributed by atoms with E-state index in [9.17, 15) is 0 Å². The Hall–Kier alpha value is -0.440. The number of aromatic nitrogens is 1. The highest BCUT2D eigenvalue weighted by atomic mass is 127. The highest BCUT2D eigenvalue weighted by Gasteiger charge is 2.21. The van der Waals surface area contributed by atoms with Gasteiger partial charge in [0.25, 0.3) is 0 Å². The standard InChI is InChI=1S/C14H24N4OS.HI/c1-4-11-8-12(19-17-11)9-16-14(15-3)18-6-7-20-13(5-2)10-18;/h8,13H,4-7,9-10H2,1-3H3,(H,15,16);1H. The molecule has 7 heteroatoms. The third-order valence-electron chi connectivity index (χ3n) is 3.50. The molecule has 2 heterocycles. The van der Waals surface area contributed by atoms with E-state index in [0.29, 0.717) is 11.8 Å². The molecule has 1 aromatic rings. The summed E-state index contributed by atoms with van der Waals surface area (Å²) in [5, 5.41) is 8.08. The number of hydrogen-bond acceptors (Lipinski definition) is 4. The summed E-state index contributed by atoms with van der Waals surface area (Å²) in [4.78, 5) is 6.72. The van der Waals surface area contributed by atoms with Crippen LogP contribution in [0.5, 0.6) is 0 Å². The Morgan fingerprint density at radius 1 is 1.57 bits per heavy atom. The molecule has 0 amide bonds. The number of aryl methyl sites for hydroxylation is 1. The van der Waals surface area contributed by atoms with Crippen molar-refractivity contribution in [2.75, 3.05) is 25.9 Å². The lowest BCUT2D eigenvalue weighted by molar-refractivity contribution is 0.366. The largest absolute Gasteiger partial charge is 0.359 e. The van der Waals surface area contributed by atoms with Gasteiger partial charge in [-0.25, -0.2) is 0 Å². The van der Waals surface area contributed by atoms with E-state index in [-0.39, 0.29) is 24.0 Å². The van der Waals surface area contributed by atoms with E-state index in [1.807, 2.05) is 13.1 Å². The van der Waals surface area contributed by atoms with Crippen LogP contribution < -0.4 is 5.32 Å². The van der Waals surface area contributed by atoms with Crippen LogP contribution in [0.1, 0.15) is 31.7 Å². The summed E-state index contributed by atoms with van der Waals surface area (Å²) in [6.45, 7) is 7.08. The molecule has 1 N–H and O–H groups in total. The second-order valence-electron chi connectivity index (χ2n) is 4.89. The molecule has 1 aliphatic heterocycles. The second kappa shape index (κ2) is 9.55. The van der Waals surface area contributed by atoms with E-state index in [4.69, 9.17) is 4.52 Å². The van der Waals surface area contributed by atoms with Gasteiger partial charge in [-0.05, 0) is 12.8 Å². The highest BCUT2D eigenvalue weighted by molar-refractivity contribution is 14.0. The van der Waals surface area contributed by atoms with Crippen LogP contribution in [0, 0.1) is 0 Å². The smallest absolute Gasteiger partial charge is 0.194 e. The van der Waals surface area contributed by atoms with Gasteiger partial charge in [-0.15, -0.1) is 24.0 Å². The van der Waals surface area contributed by atoms with Gasteiger partial charge in [0.1, 0.15) is 0 Å². The molecule has 0 saturated carbocycles. The van der Waals surface area contributed by atoms with Crippen molar-refractivity contribution in [3.63, 3.8) is 0 Å². The van der Waals surface area contributed by atoms with Crippen LogP contribution in [0.4, 0.5) is 0 Å². The molecule has 0 aliphatic carbocycles. The summed E-state index contributed by atoms with van der Waals surface area (Å²) in [5.74, 6) is 2.99. The first-order valence-corrected chi connectivity index (χ1v) is 8.33. The molecule has 120 valence electrons. The molecule has 1 aromatic heterocycles. The molecule has 5 nitrogen and oxygen atoms in total. The third kappa shape index (κ3) is 5.36. The van der Waals surface area contributed by atoms with Crippen molar-refractivity contribution in [2.24, 2.45) is 4.99 Å². The number of nitrogens with zero attached hydrogens (tertiary/aromatic N) is 3. The van der Waals surface area contributed by atoms with Crippen molar-refractivity contribution < 1.29 is 4.52 Å². The fraction of sp³-hybridized carbons (Fsp3) is 0.714. The van der Waals surface area contributed by atoms with E-state index in [2.05, 4.69) is 46.0 Å². The molecule has 1 aliphatic rings. The zero-order valence-electron chi connectivity index (χ0n) is 13.0. The van der Waals surface area contributed by atoms with Crippen LogP contribution in [0.15, 0.2) is 15.6 Å². The average Bonchev–Trinajstić information content (AvgIpc) is 2.96. The van der Waals surface area contributed by atoms with Crippen LogP contribution in [0.25, 0.3) is 0 Å². The third-order valence-corrected chi connectivity index (χ3v) is 4.87. The first-order chi connectivity index (χ1) is 9.76. The van der Waals surface area contributed by atoms with Gasteiger partial charge in [-0.1, -0.05) is 19.0 Å². The summed E-state index contributed by atoms with van der Waals surface area (Å²) in [7, 11) is 1.84. The van der Waals surface area contributed by atoms with Gasteiger partial charge >= 0.3 is 0 Å². The second-order valence-corrected chi connectivity index (χ2v) is 6.29. The first-order valence-electron chi connectivity index (χ1n) is 7.28. The summed E-state index contributed by atoms with van der Waals surface area (Å²) >= 11 is 2.06. The van der Waals surface area contributed by atoms with Crippen molar-refractivity contribution in [1.29, 1.82) is 0 Å². The van der Waals surface area contributed by atoms with Gasteiger partial charge in [0.2, 0.25) is 0 Å². The summed E-state index contributed by atoms with van der Waals surface area (Å²) < 4.78 is 5.29. The summed E-state index contributed by atoms with van der Waals surface area (Å²) in [6, 6.07) is 2.00. The zero-order chi connectivity index (χ0) is 14.4. The lowest BCUT2D eigenvalue weighted by Gasteiger charge is -2.34. The van der Waals surface area contributed by atoms with E-state index >= 15 is 0 Å². The Bertz CT molecular complexity index is 452. The number of hydrogen-bond donors (Lipinski definition) is 1. The van der Waals surface area contributed by atoms with Crippen LogP contribution >= 0.6 is 35.7 Å². The predicted octanol–water partition coefficient (Wildman–Crippen LogP) is 2.76. The number of thioether (sulfide) groups is 1. The van der Waals surface area contributed by atoms with E-state index in [0.717, 1.165) is 36.9 Å². The van der Waals surface area contributed by atoms with E-state index < -0.39 is 0 Å². The van der Waals surface area contributed by atoms with Gasteiger partial charge < -0.3 is 14.7 Å². The Kier molecular flexibility index (Phi) is 8.46. The molecule has 0 aromatic carbocycles. The van der Waals surface area contributed by atoms with Crippen LogP contribution in [0.2, 0.25) is 0 Å². The molecular formula is C14H25IN4OS. The normalized spacial score (nSPS) is 19.3. The monoisotopic (exact) mass is 424 g/mol. The Morgan fingerprint density at radius 2 is 2.38 bits per heavy atom. The van der Waals surface area contributed by atoms with Gasteiger partial charge in [0.05, 0.1) is 12.2 Å². The van der Waals surface area contributed by atoms with Crippen molar-refractivity contribution in [2.45, 2.75) is 38.5 Å². The number of aliphatic imine (C=N–C) groups is 1. The van der Waals surface area contributed by atoms with Crippen molar-refractivity contribution in [3.8, 4) is 0 Å². The van der Waals surface area contributed by atoms with Gasteiger partial charge in [-0.3, -0.25) is 4.99 Å². The Morgan fingerprint density at radius 3 is 3.00 bits per heavy atom. The molecule has 21 heavy (non-hydrogen) atoms. The molecule has 1 atom stereocenters. The fourth-order valence-corrected chi connectivity index (χ4v) is 3.44. The molecule has 2 rings (SSSR count). The molecule has 1 saturated heterocycles. The Balaban J connectivity index is 0.00000220. The molecule has 0 bridgehead atoms. The number of nitrogens with one attached hydrogen (secondary N) is 1. The van der Waals surface area contributed by atoms with Gasteiger partial charge in [-0.2, -0.15) is 11.8 Å². The quantitative estimate of drug-likeness (QED) is 0.458. The summed E-state index contributed by atoms with van der Waals surface area (Å²) in [5.41, 5.74) is 0.997. The van der Waals surface area contributed by atoms with Crippen molar-refractivity contribution >= 4 is 41.7 Å². The fourth-order valence-electron chi connectivity index (χ4n) is 2.26. The SMILES string of the molecule is CCc1cc(CNC(=NC)N2CCSC(CC)C2)on1.I. The average molecular weight is 424 g/mol. The molecule has 1 unspecified atom stereocenters. The number of guanidine groups is 1. The van der Waals surface area contributed by atoms with E-state index in [1.165, 1.54) is 12.2 Å². The molecule has 1 fully saturated rings. The maximum absolute atomic E-state index is 5.29. The highest BCUT2D eigenvalue weighted by Crippen LogP contribution is 2.21. The maximum atomic E-state index is 5.29. The topological polar surface area (TPSA) is 53.7 Å².